The molecule has 116 valence electrons. The van der Waals surface area contributed by atoms with Crippen LogP contribution >= 0.6 is 0 Å². The lowest BCUT2D eigenvalue weighted by Crippen LogP contribution is -2.11. The molecule has 0 N–H and O–H groups in total. The molecule has 0 bridgehead atoms. The fraction of sp³-hybridized carbons (Fsp3) is 0.350. The van der Waals surface area contributed by atoms with Crippen LogP contribution < -0.4 is 0 Å². The van der Waals surface area contributed by atoms with Crippen molar-refractivity contribution in [2.24, 2.45) is 0 Å². The smallest absolute Gasteiger partial charge is 0.338 e. The van der Waals surface area contributed by atoms with E-state index in [1.807, 2.05) is 61.5 Å². The standard InChI is InChI=1S/C20H24O2/c1-3-5-9-16-12-14-18(15-13-16)20(21)22-19(4-2)17-10-7-6-8-11-17/h6-8,10-15,19H,3-5,9H2,1-2H3. The number of hydrogen-bond donors (Lipinski definition) is 0. The summed E-state index contributed by atoms with van der Waals surface area (Å²) >= 11 is 0. The van der Waals surface area contributed by atoms with Crippen molar-refractivity contribution in [3.05, 3.63) is 71.3 Å². The molecule has 0 aromatic heterocycles. The Morgan fingerprint density at radius 2 is 1.68 bits per heavy atom. The maximum Gasteiger partial charge on any atom is 0.338 e. The normalized spacial score (nSPS) is 11.9. The molecule has 2 rings (SSSR count). The van der Waals surface area contributed by atoms with Crippen LogP contribution in [0.2, 0.25) is 0 Å². The Morgan fingerprint density at radius 3 is 2.27 bits per heavy atom. The van der Waals surface area contributed by atoms with Gasteiger partial charge in [0, 0.05) is 0 Å². The first-order chi connectivity index (χ1) is 10.7. The minimum Gasteiger partial charge on any atom is -0.454 e. The molecule has 2 nitrogen and oxygen atoms in total. The second-order valence-corrected chi connectivity index (χ2v) is 5.51. The fourth-order valence-corrected chi connectivity index (χ4v) is 2.44. The SMILES string of the molecule is CCCCc1ccc(C(=O)OC(CC)c2ccccc2)cc1. The summed E-state index contributed by atoms with van der Waals surface area (Å²) in [6.45, 7) is 4.21. The molecule has 0 aliphatic heterocycles. The third-order valence-electron chi connectivity index (χ3n) is 3.80. The van der Waals surface area contributed by atoms with Crippen LogP contribution in [-0.4, -0.2) is 5.97 Å². The molecule has 0 amide bonds. The first-order valence-electron chi connectivity index (χ1n) is 8.09. The average molecular weight is 296 g/mol. The Labute approximate surface area is 133 Å². The van der Waals surface area contributed by atoms with Crippen molar-refractivity contribution in [2.75, 3.05) is 0 Å². The van der Waals surface area contributed by atoms with Gasteiger partial charge >= 0.3 is 5.97 Å². The van der Waals surface area contributed by atoms with E-state index in [0.29, 0.717) is 5.56 Å². The van der Waals surface area contributed by atoms with E-state index in [1.165, 1.54) is 18.4 Å². The zero-order valence-electron chi connectivity index (χ0n) is 13.4. The highest BCUT2D eigenvalue weighted by atomic mass is 16.5. The minimum absolute atomic E-state index is 0.187. The molecular formula is C20H24O2. The van der Waals surface area contributed by atoms with Gasteiger partial charge < -0.3 is 4.74 Å². The lowest BCUT2D eigenvalue weighted by Gasteiger charge is -2.16. The van der Waals surface area contributed by atoms with Gasteiger partial charge in [-0.25, -0.2) is 4.79 Å². The number of aryl methyl sites for hydroxylation is 1. The molecule has 22 heavy (non-hydrogen) atoms. The van der Waals surface area contributed by atoms with E-state index >= 15 is 0 Å². The van der Waals surface area contributed by atoms with Gasteiger partial charge in [-0.3, -0.25) is 0 Å². The maximum absolute atomic E-state index is 12.3. The summed E-state index contributed by atoms with van der Waals surface area (Å²) < 4.78 is 5.65. The predicted octanol–water partition coefficient (Wildman–Crippen LogP) is 5.34. The van der Waals surface area contributed by atoms with E-state index in [-0.39, 0.29) is 12.1 Å². The zero-order chi connectivity index (χ0) is 15.8. The van der Waals surface area contributed by atoms with E-state index in [4.69, 9.17) is 4.74 Å². The first kappa shape index (κ1) is 16.3. The van der Waals surface area contributed by atoms with Crippen LogP contribution in [0.25, 0.3) is 0 Å². The van der Waals surface area contributed by atoms with Gasteiger partial charge in [-0.05, 0) is 42.5 Å². The summed E-state index contributed by atoms with van der Waals surface area (Å²) in [5.41, 5.74) is 2.93. The molecule has 0 fully saturated rings. The van der Waals surface area contributed by atoms with E-state index < -0.39 is 0 Å². The molecule has 1 atom stereocenters. The molecule has 0 aliphatic rings. The number of benzene rings is 2. The van der Waals surface area contributed by atoms with Crippen LogP contribution in [0.1, 0.15) is 60.7 Å². The van der Waals surface area contributed by atoms with Gasteiger partial charge in [0.05, 0.1) is 5.56 Å². The van der Waals surface area contributed by atoms with Crippen LogP contribution in [0.3, 0.4) is 0 Å². The first-order valence-corrected chi connectivity index (χ1v) is 8.09. The van der Waals surface area contributed by atoms with Crippen molar-refractivity contribution in [3.63, 3.8) is 0 Å². The quantitative estimate of drug-likeness (QED) is 0.645. The van der Waals surface area contributed by atoms with Gasteiger partial charge in [0.1, 0.15) is 6.10 Å². The molecule has 0 heterocycles. The topological polar surface area (TPSA) is 26.3 Å². The Hall–Kier alpha value is -2.09. The predicted molar refractivity (Wildman–Crippen MR) is 89.9 cm³/mol. The fourth-order valence-electron chi connectivity index (χ4n) is 2.44. The van der Waals surface area contributed by atoms with E-state index in [9.17, 15) is 4.79 Å². The monoisotopic (exact) mass is 296 g/mol. The van der Waals surface area contributed by atoms with Crippen LogP contribution in [0.4, 0.5) is 0 Å². The Bertz CT molecular complexity index is 572. The molecule has 0 radical (unpaired) electrons. The molecule has 2 heteroatoms. The molecule has 0 spiro atoms. The minimum atomic E-state index is -0.252. The molecule has 2 aromatic rings. The van der Waals surface area contributed by atoms with Gasteiger partial charge in [0.2, 0.25) is 0 Å². The van der Waals surface area contributed by atoms with E-state index in [0.717, 1.165) is 18.4 Å². The van der Waals surface area contributed by atoms with E-state index in [2.05, 4.69) is 6.92 Å². The maximum atomic E-state index is 12.3. The average Bonchev–Trinajstić information content (AvgIpc) is 2.58. The van der Waals surface area contributed by atoms with Crippen LogP contribution in [0.5, 0.6) is 0 Å². The van der Waals surface area contributed by atoms with Crippen LogP contribution in [-0.2, 0) is 11.2 Å². The molecular weight excluding hydrogens is 272 g/mol. The largest absolute Gasteiger partial charge is 0.454 e. The van der Waals surface area contributed by atoms with Crippen molar-refractivity contribution in [2.45, 2.75) is 45.6 Å². The summed E-state index contributed by atoms with van der Waals surface area (Å²) in [6, 6.07) is 17.7. The molecule has 1 unspecified atom stereocenters. The number of carbonyl (C=O) groups is 1. The highest BCUT2D eigenvalue weighted by molar-refractivity contribution is 5.89. The summed E-state index contributed by atoms with van der Waals surface area (Å²) in [4.78, 5) is 12.3. The summed E-state index contributed by atoms with van der Waals surface area (Å²) in [5.74, 6) is -0.252. The number of unbranched alkanes of at least 4 members (excludes halogenated alkanes) is 1. The van der Waals surface area contributed by atoms with Crippen LogP contribution in [0.15, 0.2) is 54.6 Å². The van der Waals surface area contributed by atoms with Crippen molar-refractivity contribution in [1.29, 1.82) is 0 Å². The van der Waals surface area contributed by atoms with Gasteiger partial charge in [-0.1, -0.05) is 62.7 Å². The van der Waals surface area contributed by atoms with Gasteiger partial charge in [-0.15, -0.1) is 0 Å². The van der Waals surface area contributed by atoms with E-state index in [1.54, 1.807) is 0 Å². The van der Waals surface area contributed by atoms with Crippen molar-refractivity contribution in [1.82, 2.24) is 0 Å². The molecule has 0 saturated heterocycles. The lowest BCUT2D eigenvalue weighted by atomic mass is 10.1. The number of ether oxygens (including phenoxy) is 1. The van der Waals surface area contributed by atoms with Crippen molar-refractivity contribution < 1.29 is 9.53 Å². The summed E-state index contributed by atoms with van der Waals surface area (Å²) in [6.07, 6.45) is 4.00. The Balaban J connectivity index is 2.01. The lowest BCUT2D eigenvalue weighted by molar-refractivity contribution is 0.0288. The number of rotatable bonds is 7. The highest BCUT2D eigenvalue weighted by Gasteiger charge is 2.16. The third-order valence-corrected chi connectivity index (χ3v) is 3.80. The summed E-state index contributed by atoms with van der Waals surface area (Å²) in [5, 5.41) is 0. The highest BCUT2D eigenvalue weighted by Crippen LogP contribution is 2.22. The third kappa shape index (κ3) is 4.45. The second kappa shape index (κ2) is 8.38. The van der Waals surface area contributed by atoms with Crippen molar-refractivity contribution in [3.8, 4) is 0 Å². The van der Waals surface area contributed by atoms with Crippen molar-refractivity contribution >= 4 is 5.97 Å². The number of hydrogen-bond acceptors (Lipinski definition) is 2. The van der Waals surface area contributed by atoms with Crippen LogP contribution in [0, 0.1) is 0 Å². The number of esters is 1. The molecule has 0 saturated carbocycles. The Morgan fingerprint density at radius 1 is 1.00 bits per heavy atom. The van der Waals surface area contributed by atoms with Gasteiger partial charge in [0.15, 0.2) is 0 Å². The van der Waals surface area contributed by atoms with Gasteiger partial charge in [-0.2, -0.15) is 0 Å². The van der Waals surface area contributed by atoms with Gasteiger partial charge in [0.25, 0.3) is 0 Å². The molecule has 2 aromatic carbocycles. The second-order valence-electron chi connectivity index (χ2n) is 5.51. The zero-order valence-corrected chi connectivity index (χ0v) is 13.4. The Kier molecular flexibility index (Phi) is 6.20. The summed E-state index contributed by atoms with van der Waals surface area (Å²) in [7, 11) is 0. The number of carbonyl (C=O) groups excluding carboxylic acids is 1. The molecule has 0 aliphatic carbocycles.